The van der Waals surface area contributed by atoms with Crippen LogP contribution in [0.2, 0.25) is 0 Å². The van der Waals surface area contributed by atoms with Gasteiger partial charge < -0.3 is 15.2 Å². The Bertz CT molecular complexity index is 901. The Kier molecular flexibility index (Phi) is 7.20. The number of rotatable bonds is 9. The lowest BCUT2D eigenvalue weighted by molar-refractivity contribution is -0.143. The number of carboxylic acids is 1. The molecular formula is C25H33N3O3. The summed E-state index contributed by atoms with van der Waals surface area (Å²) in [4.78, 5) is 18.7. The lowest BCUT2D eigenvalue weighted by Crippen LogP contribution is -2.33. The van der Waals surface area contributed by atoms with Crippen molar-refractivity contribution in [2.75, 3.05) is 31.6 Å². The van der Waals surface area contributed by atoms with Crippen LogP contribution in [0, 0.1) is 6.92 Å². The standard InChI is InChI=1S/C25H33N3O3/c1-18-6-4-7-20(16-18)23(25(29)30)28-14-12-22(17-28)31-15-3-2-9-21-11-10-19-8-5-13-26-24(19)27-21/h4,6-7,10-11,16,22-23H,2-3,5,8-9,12-15,17H2,1H3,(H,26,27)(H,29,30)/t22-,23-/m1/s1. The molecule has 1 saturated heterocycles. The number of carboxylic acid groups (broad SMARTS) is 1. The summed E-state index contributed by atoms with van der Waals surface area (Å²) in [6, 6.07) is 11.6. The molecule has 0 radical (unpaired) electrons. The minimum Gasteiger partial charge on any atom is -0.480 e. The van der Waals surface area contributed by atoms with Crippen LogP contribution in [-0.4, -0.2) is 53.3 Å². The quantitative estimate of drug-likeness (QED) is 0.594. The number of anilines is 1. The van der Waals surface area contributed by atoms with Crippen molar-refractivity contribution in [3.63, 3.8) is 0 Å². The molecule has 0 bridgehead atoms. The fourth-order valence-corrected chi connectivity index (χ4v) is 4.64. The summed E-state index contributed by atoms with van der Waals surface area (Å²) in [5, 5.41) is 13.2. The van der Waals surface area contributed by atoms with E-state index in [1.807, 2.05) is 36.1 Å². The zero-order chi connectivity index (χ0) is 21.6. The molecule has 2 aromatic rings. The van der Waals surface area contributed by atoms with Gasteiger partial charge in [-0.25, -0.2) is 4.98 Å². The number of pyridine rings is 1. The first-order chi connectivity index (χ1) is 15.1. The van der Waals surface area contributed by atoms with E-state index in [9.17, 15) is 9.90 Å². The van der Waals surface area contributed by atoms with Crippen molar-refractivity contribution < 1.29 is 14.6 Å². The van der Waals surface area contributed by atoms with Crippen LogP contribution in [0.1, 0.15) is 54.1 Å². The van der Waals surface area contributed by atoms with Gasteiger partial charge in [-0.05, 0) is 62.6 Å². The fraction of sp³-hybridized carbons (Fsp3) is 0.520. The van der Waals surface area contributed by atoms with Crippen molar-refractivity contribution in [1.82, 2.24) is 9.88 Å². The van der Waals surface area contributed by atoms with E-state index in [0.29, 0.717) is 13.2 Å². The SMILES string of the molecule is Cc1cccc([C@H](C(=O)O)N2CC[C@@H](OCCCCc3ccc4c(n3)NCCC4)C2)c1. The highest BCUT2D eigenvalue weighted by Gasteiger charge is 2.33. The number of fused-ring (bicyclic) bond motifs is 1. The number of hydrogen-bond donors (Lipinski definition) is 2. The van der Waals surface area contributed by atoms with Gasteiger partial charge in [-0.1, -0.05) is 35.9 Å². The van der Waals surface area contributed by atoms with Crippen molar-refractivity contribution in [1.29, 1.82) is 0 Å². The van der Waals surface area contributed by atoms with Gasteiger partial charge in [0.1, 0.15) is 11.9 Å². The predicted molar refractivity (Wildman–Crippen MR) is 121 cm³/mol. The second-order valence-corrected chi connectivity index (χ2v) is 8.73. The minimum atomic E-state index is -0.793. The molecule has 0 unspecified atom stereocenters. The molecule has 4 rings (SSSR count). The Labute approximate surface area is 184 Å². The van der Waals surface area contributed by atoms with Crippen LogP contribution in [-0.2, 0) is 22.4 Å². The average Bonchev–Trinajstić information content (AvgIpc) is 3.21. The molecule has 2 N–H and O–H groups in total. The lowest BCUT2D eigenvalue weighted by Gasteiger charge is -2.25. The summed E-state index contributed by atoms with van der Waals surface area (Å²) in [7, 11) is 0. The smallest absolute Gasteiger partial charge is 0.325 e. The average molecular weight is 424 g/mol. The van der Waals surface area contributed by atoms with E-state index in [2.05, 4.69) is 17.4 Å². The van der Waals surface area contributed by atoms with E-state index >= 15 is 0 Å². The van der Waals surface area contributed by atoms with Crippen molar-refractivity contribution in [2.45, 2.75) is 57.6 Å². The number of benzene rings is 1. The van der Waals surface area contributed by atoms with Crippen molar-refractivity contribution in [3.05, 3.63) is 58.8 Å². The topological polar surface area (TPSA) is 74.7 Å². The Morgan fingerprint density at radius 1 is 1.32 bits per heavy atom. The number of nitrogens with zero attached hydrogens (tertiary/aromatic N) is 2. The third kappa shape index (κ3) is 5.63. The first kappa shape index (κ1) is 21.8. The molecule has 166 valence electrons. The Hall–Kier alpha value is -2.44. The summed E-state index contributed by atoms with van der Waals surface area (Å²) >= 11 is 0. The number of ether oxygens (including phenoxy) is 1. The third-order valence-electron chi connectivity index (χ3n) is 6.27. The van der Waals surface area contributed by atoms with Gasteiger partial charge in [-0.2, -0.15) is 0 Å². The Morgan fingerprint density at radius 2 is 2.23 bits per heavy atom. The highest BCUT2D eigenvalue weighted by atomic mass is 16.5. The fourth-order valence-electron chi connectivity index (χ4n) is 4.64. The van der Waals surface area contributed by atoms with Gasteiger partial charge in [0.05, 0.1) is 6.10 Å². The number of unbranched alkanes of at least 4 members (excludes halogenated alkanes) is 1. The summed E-state index contributed by atoms with van der Waals surface area (Å²) in [6.07, 6.45) is 6.29. The molecule has 2 aliphatic heterocycles. The molecule has 1 fully saturated rings. The number of carbonyl (C=O) groups is 1. The van der Waals surface area contributed by atoms with Crippen LogP contribution in [0.15, 0.2) is 36.4 Å². The number of aromatic nitrogens is 1. The highest BCUT2D eigenvalue weighted by molar-refractivity contribution is 5.75. The van der Waals surface area contributed by atoms with Crippen LogP contribution >= 0.6 is 0 Å². The molecule has 6 heteroatoms. The Morgan fingerprint density at radius 3 is 3.06 bits per heavy atom. The minimum absolute atomic E-state index is 0.109. The molecule has 2 aliphatic rings. The molecule has 1 aromatic carbocycles. The molecule has 0 aliphatic carbocycles. The molecular weight excluding hydrogens is 390 g/mol. The molecule has 0 saturated carbocycles. The monoisotopic (exact) mass is 423 g/mol. The van der Waals surface area contributed by atoms with Gasteiger partial charge in [0, 0.05) is 31.9 Å². The normalized spacial score (nSPS) is 19.6. The van der Waals surface area contributed by atoms with E-state index in [1.165, 1.54) is 12.0 Å². The van der Waals surface area contributed by atoms with Crippen molar-refractivity contribution in [2.24, 2.45) is 0 Å². The first-order valence-corrected chi connectivity index (χ1v) is 11.5. The number of aliphatic carboxylic acids is 1. The number of aryl methyl sites for hydroxylation is 3. The van der Waals surface area contributed by atoms with Gasteiger partial charge in [-0.15, -0.1) is 0 Å². The predicted octanol–water partition coefficient (Wildman–Crippen LogP) is 3.99. The van der Waals surface area contributed by atoms with E-state index in [0.717, 1.165) is 67.8 Å². The molecule has 6 nitrogen and oxygen atoms in total. The van der Waals surface area contributed by atoms with Gasteiger partial charge >= 0.3 is 5.97 Å². The maximum atomic E-state index is 11.9. The van der Waals surface area contributed by atoms with Crippen LogP contribution in [0.3, 0.4) is 0 Å². The van der Waals surface area contributed by atoms with Gasteiger partial charge in [0.25, 0.3) is 0 Å². The van der Waals surface area contributed by atoms with Gasteiger partial charge in [-0.3, -0.25) is 9.69 Å². The van der Waals surface area contributed by atoms with E-state index in [4.69, 9.17) is 9.72 Å². The largest absolute Gasteiger partial charge is 0.480 e. The van der Waals surface area contributed by atoms with Gasteiger partial charge in [0.2, 0.25) is 0 Å². The summed E-state index contributed by atoms with van der Waals surface area (Å²) in [6.45, 7) is 5.14. The van der Waals surface area contributed by atoms with Gasteiger partial charge in [0.15, 0.2) is 0 Å². The third-order valence-corrected chi connectivity index (χ3v) is 6.27. The summed E-state index contributed by atoms with van der Waals surface area (Å²) < 4.78 is 6.08. The maximum Gasteiger partial charge on any atom is 0.325 e. The van der Waals surface area contributed by atoms with Crippen molar-refractivity contribution >= 4 is 11.8 Å². The molecule has 1 aromatic heterocycles. The summed E-state index contributed by atoms with van der Waals surface area (Å²) in [5.41, 5.74) is 4.40. The van der Waals surface area contributed by atoms with Crippen molar-refractivity contribution in [3.8, 4) is 0 Å². The second-order valence-electron chi connectivity index (χ2n) is 8.73. The molecule has 2 atom stereocenters. The maximum absolute atomic E-state index is 11.9. The van der Waals surface area contributed by atoms with Crippen LogP contribution in [0.4, 0.5) is 5.82 Å². The van der Waals surface area contributed by atoms with Crippen LogP contribution in [0.5, 0.6) is 0 Å². The molecule has 0 spiro atoms. The number of likely N-dealkylation sites (tertiary alicyclic amines) is 1. The Balaban J connectivity index is 1.20. The van der Waals surface area contributed by atoms with Crippen LogP contribution in [0.25, 0.3) is 0 Å². The van der Waals surface area contributed by atoms with E-state index in [-0.39, 0.29) is 6.10 Å². The molecule has 3 heterocycles. The van der Waals surface area contributed by atoms with Crippen LogP contribution < -0.4 is 5.32 Å². The van der Waals surface area contributed by atoms with E-state index in [1.54, 1.807) is 0 Å². The first-order valence-electron chi connectivity index (χ1n) is 11.5. The zero-order valence-electron chi connectivity index (χ0n) is 18.3. The lowest BCUT2D eigenvalue weighted by atomic mass is 10.0. The summed E-state index contributed by atoms with van der Waals surface area (Å²) in [5.74, 6) is 0.269. The zero-order valence-corrected chi connectivity index (χ0v) is 18.3. The molecule has 31 heavy (non-hydrogen) atoms. The number of hydrogen-bond acceptors (Lipinski definition) is 5. The number of nitrogens with one attached hydrogen (secondary N) is 1. The highest BCUT2D eigenvalue weighted by Crippen LogP contribution is 2.27. The van der Waals surface area contributed by atoms with E-state index < -0.39 is 12.0 Å². The molecule has 0 amide bonds. The second kappa shape index (κ2) is 10.2.